The Morgan fingerprint density at radius 1 is 1.10 bits per heavy atom. The second-order valence-corrected chi connectivity index (χ2v) is 4.50. The van der Waals surface area contributed by atoms with Crippen molar-refractivity contribution < 1.29 is 18.7 Å². The monoisotopic (exact) mass is 297 g/mol. The van der Waals surface area contributed by atoms with E-state index in [0.29, 0.717) is 5.69 Å². The number of carbonyl (C=O) groups is 1. The fourth-order valence-electron chi connectivity index (χ4n) is 1.72. The molecule has 104 valence electrons. The number of nitrogens with one attached hydrogen (secondary N) is 1. The summed E-state index contributed by atoms with van der Waals surface area (Å²) in [5.41, 5.74) is 0.643. The first kappa shape index (κ1) is 14.3. The van der Waals surface area contributed by atoms with Gasteiger partial charge in [0.05, 0.1) is 0 Å². The van der Waals surface area contributed by atoms with Gasteiger partial charge in [-0.05, 0) is 36.4 Å². The minimum Gasteiger partial charge on any atom is -0.479 e. The summed E-state index contributed by atoms with van der Waals surface area (Å²) in [5.74, 6) is -2.16. The van der Waals surface area contributed by atoms with Gasteiger partial charge in [-0.3, -0.25) is 0 Å². The van der Waals surface area contributed by atoms with E-state index in [1.165, 1.54) is 30.3 Å². The third-order valence-electron chi connectivity index (χ3n) is 2.68. The molecule has 0 saturated heterocycles. The zero-order valence-electron chi connectivity index (χ0n) is 10.1. The maximum absolute atomic E-state index is 13.0. The normalized spacial score (nSPS) is 11.9. The van der Waals surface area contributed by atoms with Gasteiger partial charge < -0.3 is 10.4 Å². The molecule has 0 amide bonds. The molecule has 0 spiro atoms. The molecular weight excluding hydrogens is 288 g/mol. The summed E-state index contributed by atoms with van der Waals surface area (Å²) in [6, 6.07) is 7.52. The van der Waals surface area contributed by atoms with Crippen molar-refractivity contribution in [3.8, 4) is 0 Å². The van der Waals surface area contributed by atoms with Crippen LogP contribution in [0, 0.1) is 11.6 Å². The van der Waals surface area contributed by atoms with Crippen LogP contribution in [-0.4, -0.2) is 11.1 Å². The van der Waals surface area contributed by atoms with Gasteiger partial charge in [-0.1, -0.05) is 17.7 Å². The summed E-state index contributed by atoms with van der Waals surface area (Å²) in [5, 5.41) is 12.0. The van der Waals surface area contributed by atoms with Crippen LogP contribution in [0.3, 0.4) is 0 Å². The molecule has 0 radical (unpaired) electrons. The molecule has 1 unspecified atom stereocenters. The van der Waals surface area contributed by atoms with Crippen molar-refractivity contribution in [3.63, 3.8) is 0 Å². The third kappa shape index (κ3) is 3.24. The van der Waals surface area contributed by atoms with Gasteiger partial charge in [0, 0.05) is 16.3 Å². The van der Waals surface area contributed by atoms with E-state index in [-0.39, 0.29) is 10.6 Å². The van der Waals surface area contributed by atoms with Crippen LogP contribution in [-0.2, 0) is 4.79 Å². The number of hydrogen-bond acceptors (Lipinski definition) is 2. The van der Waals surface area contributed by atoms with E-state index in [9.17, 15) is 18.7 Å². The van der Waals surface area contributed by atoms with E-state index in [1.54, 1.807) is 0 Å². The van der Waals surface area contributed by atoms with Crippen molar-refractivity contribution in [2.45, 2.75) is 6.04 Å². The first-order valence-electron chi connectivity index (χ1n) is 5.67. The maximum atomic E-state index is 13.0. The van der Waals surface area contributed by atoms with E-state index in [0.717, 1.165) is 12.1 Å². The second kappa shape index (κ2) is 5.88. The lowest BCUT2D eigenvalue weighted by Gasteiger charge is -2.17. The predicted octanol–water partition coefficient (Wildman–Crippen LogP) is 3.86. The first-order chi connectivity index (χ1) is 9.47. The predicted molar refractivity (Wildman–Crippen MR) is 71.8 cm³/mol. The molecule has 2 rings (SSSR count). The molecule has 2 aromatic carbocycles. The van der Waals surface area contributed by atoms with Crippen LogP contribution in [0.4, 0.5) is 14.5 Å². The fraction of sp³-hybridized carbons (Fsp3) is 0.0714. The van der Waals surface area contributed by atoms with Gasteiger partial charge in [0.25, 0.3) is 0 Å². The average molecular weight is 298 g/mol. The van der Waals surface area contributed by atoms with E-state index < -0.39 is 23.6 Å². The van der Waals surface area contributed by atoms with E-state index in [1.807, 2.05) is 0 Å². The minimum absolute atomic E-state index is 0.00649. The molecule has 0 saturated carbocycles. The summed E-state index contributed by atoms with van der Waals surface area (Å²) in [4.78, 5) is 11.3. The average Bonchev–Trinajstić information content (AvgIpc) is 2.39. The summed E-state index contributed by atoms with van der Waals surface area (Å²) in [6.07, 6.45) is 0. The van der Waals surface area contributed by atoms with Crippen LogP contribution in [0.15, 0.2) is 42.5 Å². The molecule has 2 N–H and O–H groups in total. The summed E-state index contributed by atoms with van der Waals surface area (Å²) in [7, 11) is 0. The van der Waals surface area contributed by atoms with Crippen LogP contribution in [0.2, 0.25) is 5.02 Å². The van der Waals surface area contributed by atoms with Crippen LogP contribution in [0.5, 0.6) is 0 Å². The number of carboxylic acids is 1. The van der Waals surface area contributed by atoms with Gasteiger partial charge >= 0.3 is 5.97 Å². The highest BCUT2D eigenvalue weighted by molar-refractivity contribution is 6.31. The molecule has 0 aliphatic rings. The summed E-state index contributed by atoms with van der Waals surface area (Å²) >= 11 is 5.86. The fourth-order valence-corrected chi connectivity index (χ4v) is 2.00. The van der Waals surface area contributed by atoms with E-state index >= 15 is 0 Å². The smallest absolute Gasteiger partial charge is 0.330 e. The quantitative estimate of drug-likeness (QED) is 0.901. The molecule has 0 fully saturated rings. The standard InChI is InChI=1S/C14H10ClF2NO2/c15-12-7-9(17)3-6-11(12)13(14(19)20)18-10-4-1-8(16)2-5-10/h1-7,13,18H,(H,19,20). The molecule has 0 aliphatic carbocycles. The molecule has 0 aliphatic heterocycles. The van der Waals surface area contributed by atoms with E-state index in [4.69, 9.17) is 11.6 Å². The number of anilines is 1. The van der Waals surface area contributed by atoms with Crippen LogP contribution >= 0.6 is 11.6 Å². The van der Waals surface area contributed by atoms with Crippen molar-refractivity contribution >= 4 is 23.3 Å². The van der Waals surface area contributed by atoms with Crippen LogP contribution < -0.4 is 5.32 Å². The Morgan fingerprint density at radius 2 is 1.70 bits per heavy atom. The number of benzene rings is 2. The van der Waals surface area contributed by atoms with Gasteiger partial charge in [0.2, 0.25) is 0 Å². The van der Waals surface area contributed by atoms with Gasteiger partial charge in [-0.2, -0.15) is 0 Å². The molecular formula is C14H10ClF2NO2. The summed E-state index contributed by atoms with van der Waals surface area (Å²) < 4.78 is 25.8. The SMILES string of the molecule is O=C(O)C(Nc1ccc(F)cc1)c1ccc(F)cc1Cl. The van der Waals surface area contributed by atoms with Gasteiger partial charge in [0.15, 0.2) is 6.04 Å². The second-order valence-electron chi connectivity index (χ2n) is 4.09. The van der Waals surface area contributed by atoms with Gasteiger partial charge in [-0.25, -0.2) is 13.6 Å². The number of halogens is 3. The molecule has 20 heavy (non-hydrogen) atoms. The van der Waals surface area contributed by atoms with Crippen molar-refractivity contribution in [1.82, 2.24) is 0 Å². The van der Waals surface area contributed by atoms with Crippen molar-refractivity contribution in [2.24, 2.45) is 0 Å². The zero-order chi connectivity index (χ0) is 14.7. The van der Waals surface area contributed by atoms with Crippen molar-refractivity contribution in [3.05, 3.63) is 64.7 Å². The lowest BCUT2D eigenvalue weighted by molar-refractivity contribution is -0.138. The Labute approximate surface area is 118 Å². The number of rotatable bonds is 4. The van der Waals surface area contributed by atoms with Crippen molar-refractivity contribution in [1.29, 1.82) is 0 Å². The highest BCUT2D eigenvalue weighted by Gasteiger charge is 2.22. The molecule has 2 aromatic rings. The Kier molecular flexibility index (Phi) is 4.20. The topological polar surface area (TPSA) is 49.3 Å². The molecule has 0 aromatic heterocycles. The van der Waals surface area contributed by atoms with Gasteiger partial charge in [0.1, 0.15) is 11.6 Å². The largest absolute Gasteiger partial charge is 0.479 e. The Hall–Kier alpha value is -2.14. The maximum Gasteiger partial charge on any atom is 0.330 e. The zero-order valence-corrected chi connectivity index (χ0v) is 10.9. The number of hydrogen-bond donors (Lipinski definition) is 2. The lowest BCUT2D eigenvalue weighted by Crippen LogP contribution is -2.21. The van der Waals surface area contributed by atoms with Gasteiger partial charge in [-0.15, -0.1) is 0 Å². The molecule has 0 bridgehead atoms. The Bertz CT molecular complexity index is 632. The minimum atomic E-state index is -1.18. The van der Waals surface area contributed by atoms with Crippen molar-refractivity contribution in [2.75, 3.05) is 5.32 Å². The highest BCUT2D eigenvalue weighted by atomic mass is 35.5. The molecule has 1 atom stereocenters. The third-order valence-corrected chi connectivity index (χ3v) is 3.00. The first-order valence-corrected chi connectivity index (χ1v) is 6.05. The molecule has 6 heteroatoms. The Morgan fingerprint density at radius 3 is 2.25 bits per heavy atom. The number of carboxylic acid groups (broad SMARTS) is 1. The molecule has 3 nitrogen and oxygen atoms in total. The number of aliphatic carboxylic acids is 1. The van der Waals surface area contributed by atoms with Crippen LogP contribution in [0.1, 0.15) is 11.6 Å². The lowest BCUT2D eigenvalue weighted by atomic mass is 10.1. The van der Waals surface area contributed by atoms with E-state index in [2.05, 4.69) is 5.32 Å². The van der Waals surface area contributed by atoms with Crippen LogP contribution in [0.25, 0.3) is 0 Å². The summed E-state index contributed by atoms with van der Waals surface area (Å²) in [6.45, 7) is 0. The molecule has 0 heterocycles. The highest BCUT2D eigenvalue weighted by Crippen LogP contribution is 2.27. The Balaban J connectivity index is 2.31.